The number of esters is 1. The van der Waals surface area contributed by atoms with Gasteiger partial charge in [-0.3, -0.25) is 0 Å². The van der Waals surface area contributed by atoms with Crippen molar-refractivity contribution in [3.05, 3.63) is 34.9 Å². The fourth-order valence-corrected chi connectivity index (χ4v) is 2.71. The summed E-state index contributed by atoms with van der Waals surface area (Å²) in [5, 5.41) is 0. The van der Waals surface area contributed by atoms with Crippen LogP contribution in [0.25, 0.3) is 0 Å². The third-order valence-electron chi connectivity index (χ3n) is 4.73. The van der Waals surface area contributed by atoms with E-state index >= 15 is 0 Å². The first kappa shape index (κ1) is 19.7. The molecule has 0 aliphatic heterocycles. The smallest absolute Gasteiger partial charge is 0.334 e. The molecule has 1 rings (SSSR count). The second kappa shape index (κ2) is 8.52. The van der Waals surface area contributed by atoms with Crippen molar-refractivity contribution in [1.82, 2.24) is 0 Å². The first-order chi connectivity index (χ1) is 10.6. The SMILES string of the molecule is C/C(=C\CCC(C)(C)C1=CCC=C(C(=O)OC(C)C)C1)C(C)C. The van der Waals surface area contributed by atoms with Crippen molar-refractivity contribution in [3.63, 3.8) is 0 Å². The number of carbonyl (C=O) groups excluding carboxylic acids is 1. The molecule has 0 fully saturated rings. The molecule has 130 valence electrons. The van der Waals surface area contributed by atoms with Gasteiger partial charge in [0.25, 0.3) is 0 Å². The van der Waals surface area contributed by atoms with Crippen molar-refractivity contribution in [2.45, 2.75) is 80.3 Å². The van der Waals surface area contributed by atoms with Crippen LogP contribution in [0.15, 0.2) is 34.9 Å². The minimum Gasteiger partial charge on any atom is -0.460 e. The van der Waals surface area contributed by atoms with E-state index in [0.717, 1.165) is 31.3 Å². The standard InChI is InChI=1S/C21H34O2/c1-15(2)17(5)10-9-13-21(6,7)19-12-8-11-18(14-19)20(22)23-16(3)4/h10-12,15-16H,8-9,13-14H2,1-7H3/b17-10+. The van der Waals surface area contributed by atoms with E-state index in [1.165, 1.54) is 11.1 Å². The summed E-state index contributed by atoms with van der Waals surface area (Å²) >= 11 is 0. The Labute approximate surface area is 142 Å². The summed E-state index contributed by atoms with van der Waals surface area (Å²) in [6, 6.07) is 0. The molecule has 0 aromatic heterocycles. The van der Waals surface area contributed by atoms with E-state index < -0.39 is 0 Å². The van der Waals surface area contributed by atoms with Crippen molar-refractivity contribution >= 4 is 5.97 Å². The van der Waals surface area contributed by atoms with Gasteiger partial charge in [-0.2, -0.15) is 0 Å². The van der Waals surface area contributed by atoms with Gasteiger partial charge in [0.05, 0.1) is 6.10 Å². The first-order valence-corrected chi connectivity index (χ1v) is 8.89. The van der Waals surface area contributed by atoms with Crippen LogP contribution in [0.2, 0.25) is 0 Å². The van der Waals surface area contributed by atoms with Crippen LogP contribution >= 0.6 is 0 Å². The van der Waals surface area contributed by atoms with Gasteiger partial charge in [0.15, 0.2) is 0 Å². The monoisotopic (exact) mass is 318 g/mol. The lowest BCUT2D eigenvalue weighted by atomic mass is 9.75. The average Bonchev–Trinajstić information content (AvgIpc) is 2.46. The molecule has 0 saturated heterocycles. The Morgan fingerprint density at radius 2 is 1.91 bits per heavy atom. The minimum atomic E-state index is -0.156. The molecule has 2 nitrogen and oxygen atoms in total. The molecule has 2 heteroatoms. The zero-order valence-corrected chi connectivity index (χ0v) is 16.0. The molecular weight excluding hydrogens is 284 g/mol. The third-order valence-corrected chi connectivity index (χ3v) is 4.73. The van der Waals surface area contributed by atoms with Gasteiger partial charge in [-0.05, 0) is 51.4 Å². The van der Waals surface area contributed by atoms with Crippen molar-refractivity contribution in [3.8, 4) is 0 Å². The Balaban J connectivity index is 2.65. The topological polar surface area (TPSA) is 26.3 Å². The molecule has 0 aromatic carbocycles. The van der Waals surface area contributed by atoms with Crippen molar-refractivity contribution in [2.75, 3.05) is 0 Å². The molecule has 0 heterocycles. The highest BCUT2D eigenvalue weighted by atomic mass is 16.5. The van der Waals surface area contributed by atoms with E-state index in [-0.39, 0.29) is 17.5 Å². The fraction of sp³-hybridized carbons (Fsp3) is 0.667. The molecule has 0 unspecified atom stereocenters. The summed E-state index contributed by atoms with van der Waals surface area (Å²) in [5.74, 6) is 0.462. The third kappa shape index (κ3) is 6.37. The largest absolute Gasteiger partial charge is 0.460 e. The Hall–Kier alpha value is -1.31. The molecule has 0 atom stereocenters. The van der Waals surface area contributed by atoms with Crippen molar-refractivity contribution in [2.24, 2.45) is 11.3 Å². The summed E-state index contributed by atoms with van der Waals surface area (Å²) < 4.78 is 5.35. The Kier molecular flexibility index (Phi) is 7.31. The van der Waals surface area contributed by atoms with E-state index in [0.29, 0.717) is 5.92 Å². The van der Waals surface area contributed by atoms with E-state index in [1.807, 2.05) is 19.9 Å². The highest BCUT2D eigenvalue weighted by Crippen LogP contribution is 2.38. The number of allylic oxidation sites excluding steroid dienone is 5. The van der Waals surface area contributed by atoms with Crippen molar-refractivity contribution < 1.29 is 9.53 Å². The summed E-state index contributed by atoms with van der Waals surface area (Å²) in [6.07, 6.45) is 10.3. The van der Waals surface area contributed by atoms with Gasteiger partial charge in [0.2, 0.25) is 0 Å². The number of rotatable bonds is 7. The molecule has 0 aromatic rings. The maximum absolute atomic E-state index is 12.1. The predicted molar refractivity (Wildman–Crippen MR) is 98.2 cm³/mol. The number of carbonyl (C=O) groups is 1. The molecule has 0 bridgehead atoms. The number of hydrogen-bond acceptors (Lipinski definition) is 2. The van der Waals surface area contributed by atoms with Gasteiger partial charge in [-0.15, -0.1) is 0 Å². The maximum atomic E-state index is 12.1. The van der Waals surface area contributed by atoms with Crippen LogP contribution in [0.3, 0.4) is 0 Å². The lowest BCUT2D eigenvalue weighted by Gasteiger charge is -2.30. The molecule has 23 heavy (non-hydrogen) atoms. The van der Waals surface area contributed by atoms with E-state index in [2.05, 4.69) is 46.8 Å². The highest BCUT2D eigenvalue weighted by Gasteiger charge is 2.27. The first-order valence-electron chi connectivity index (χ1n) is 8.89. The maximum Gasteiger partial charge on any atom is 0.334 e. The van der Waals surface area contributed by atoms with E-state index in [1.54, 1.807) is 0 Å². The Morgan fingerprint density at radius 3 is 2.48 bits per heavy atom. The number of ether oxygens (including phenoxy) is 1. The summed E-state index contributed by atoms with van der Waals surface area (Å²) in [4.78, 5) is 12.1. The molecular formula is C21H34O2. The van der Waals surface area contributed by atoms with Gasteiger partial charge in [-0.1, -0.05) is 57.1 Å². The van der Waals surface area contributed by atoms with Crippen LogP contribution in [0.4, 0.5) is 0 Å². The lowest BCUT2D eigenvalue weighted by molar-refractivity contribution is -0.142. The molecule has 1 aliphatic rings. The Bertz CT molecular complexity index is 502. The molecule has 0 radical (unpaired) electrons. The molecule has 0 amide bonds. The van der Waals surface area contributed by atoms with E-state index in [9.17, 15) is 4.79 Å². The second-order valence-electron chi connectivity index (χ2n) is 7.85. The molecule has 0 saturated carbocycles. The highest BCUT2D eigenvalue weighted by molar-refractivity contribution is 5.89. The van der Waals surface area contributed by atoms with Crippen LogP contribution in [-0.4, -0.2) is 12.1 Å². The van der Waals surface area contributed by atoms with Crippen LogP contribution in [0, 0.1) is 11.3 Å². The van der Waals surface area contributed by atoms with Gasteiger partial charge in [-0.25, -0.2) is 4.79 Å². The second-order valence-corrected chi connectivity index (χ2v) is 7.85. The summed E-state index contributed by atoms with van der Waals surface area (Å²) in [7, 11) is 0. The predicted octanol–water partition coefficient (Wildman–Crippen LogP) is 5.99. The van der Waals surface area contributed by atoms with Crippen LogP contribution in [0.1, 0.15) is 74.1 Å². The lowest BCUT2D eigenvalue weighted by Crippen LogP contribution is -2.21. The number of hydrogen-bond donors (Lipinski definition) is 0. The van der Waals surface area contributed by atoms with Crippen molar-refractivity contribution in [1.29, 1.82) is 0 Å². The van der Waals surface area contributed by atoms with Crippen LogP contribution < -0.4 is 0 Å². The van der Waals surface area contributed by atoms with Gasteiger partial charge >= 0.3 is 5.97 Å². The zero-order valence-electron chi connectivity index (χ0n) is 16.0. The normalized spacial score (nSPS) is 16.5. The Morgan fingerprint density at radius 1 is 1.26 bits per heavy atom. The zero-order chi connectivity index (χ0) is 17.6. The fourth-order valence-electron chi connectivity index (χ4n) is 2.71. The summed E-state index contributed by atoms with van der Waals surface area (Å²) in [6.45, 7) is 15.0. The van der Waals surface area contributed by atoms with Crippen LogP contribution in [-0.2, 0) is 9.53 Å². The minimum absolute atomic E-state index is 0.0603. The summed E-state index contributed by atoms with van der Waals surface area (Å²) in [5.41, 5.74) is 3.76. The molecule has 1 aliphatic carbocycles. The van der Waals surface area contributed by atoms with Gasteiger partial charge < -0.3 is 4.74 Å². The van der Waals surface area contributed by atoms with E-state index in [4.69, 9.17) is 4.74 Å². The quantitative estimate of drug-likeness (QED) is 0.425. The molecule has 0 N–H and O–H groups in total. The average molecular weight is 319 g/mol. The van der Waals surface area contributed by atoms with Gasteiger partial charge in [0, 0.05) is 12.0 Å². The van der Waals surface area contributed by atoms with Crippen LogP contribution in [0.5, 0.6) is 0 Å². The molecule has 0 spiro atoms. The van der Waals surface area contributed by atoms with Gasteiger partial charge in [0.1, 0.15) is 0 Å².